The van der Waals surface area contributed by atoms with Gasteiger partial charge in [0, 0.05) is 30.8 Å². The lowest BCUT2D eigenvalue weighted by atomic mass is 10.1. The second-order valence-electron chi connectivity index (χ2n) is 5.03. The Hall–Kier alpha value is -3.06. The average molecular weight is 311 g/mol. The van der Waals surface area contributed by atoms with Crippen molar-refractivity contribution in [1.29, 1.82) is 0 Å². The molecule has 1 aromatic carbocycles. The Kier molecular flexibility index (Phi) is 3.63. The van der Waals surface area contributed by atoms with Gasteiger partial charge in [0.15, 0.2) is 0 Å². The molecule has 3 rings (SSSR count). The van der Waals surface area contributed by atoms with Crippen LogP contribution in [0.5, 0.6) is 0 Å². The summed E-state index contributed by atoms with van der Waals surface area (Å²) >= 11 is 0. The van der Waals surface area contributed by atoms with Crippen LogP contribution in [0.3, 0.4) is 0 Å². The molecule has 0 saturated heterocycles. The van der Waals surface area contributed by atoms with E-state index in [-0.39, 0.29) is 0 Å². The Balaban J connectivity index is 2.07. The molecule has 0 atom stereocenters. The van der Waals surface area contributed by atoms with Crippen LogP contribution >= 0.6 is 0 Å². The molecular formula is C16H13N3O4. The van der Waals surface area contributed by atoms with Crippen molar-refractivity contribution in [2.24, 2.45) is 0 Å². The van der Waals surface area contributed by atoms with E-state index in [1.165, 1.54) is 30.4 Å². The molecule has 0 aliphatic carbocycles. The molecule has 1 N–H and O–H groups in total. The number of amides is 4. The molecule has 0 spiro atoms. The fourth-order valence-corrected chi connectivity index (χ4v) is 2.53. The smallest absolute Gasteiger partial charge is 0.258 e. The van der Waals surface area contributed by atoms with Gasteiger partial charge in [-0.25, -0.2) is 9.80 Å². The van der Waals surface area contributed by atoms with E-state index >= 15 is 0 Å². The van der Waals surface area contributed by atoms with E-state index < -0.39 is 23.6 Å². The van der Waals surface area contributed by atoms with E-state index in [2.05, 4.69) is 5.32 Å². The maximum atomic E-state index is 11.9. The Morgan fingerprint density at radius 2 is 1.35 bits per heavy atom. The van der Waals surface area contributed by atoms with Crippen LogP contribution in [0.15, 0.2) is 42.5 Å². The van der Waals surface area contributed by atoms with Gasteiger partial charge in [0.05, 0.1) is 11.4 Å². The number of rotatable bonds is 4. The lowest BCUT2D eigenvalue weighted by molar-refractivity contribution is -0.121. The fourth-order valence-electron chi connectivity index (χ4n) is 2.53. The first-order valence-corrected chi connectivity index (χ1v) is 6.92. The van der Waals surface area contributed by atoms with Crippen molar-refractivity contribution in [3.8, 4) is 0 Å². The average Bonchev–Trinajstić information content (AvgIpc) is 3.03. The second-order valence-corrected chi connectivity index (χ2v) is 5.03. The normalized spacial score (nSPS) is 17.1. The topological polar surface area (TPSA) is 86.8 Å². The van der Waals surface area contributed by atoms with Crippen molar-refractivity contribution in [3.63, 3.8) is 0 Å². The van der Waals surface area contributed by atoms with Crippen molar-refractivity contribution in [2.45, 2.75) is 6.54 Å². The monoisotopic (exact) mass is 311 g/mol. The van der Waals surface area contributed by atoms with Crippen LogP contribution in [-0.4, -0.2) is 30.7 Å². The number of hydrogen-bond donors (Lipinski definition) is 1. The third kappa shape index (κ3) is 2.47. The molecule has 23 heavy (non-hydrogen) atoms. The highest BCUT2D eigenvalue weighted by atomic mass is 16.2. The molecule has 2 heterocycles. The zero-order chi connectivity index (χ0) is 16.6. The van der Waals surface area contributed by atoms with Gasteiger partial charge in [0.25, 0.3) is 23.6 Å². The number of anilines is 2. The van der Waals surface area contributed by atoms with E-state index in [0.717, 1.165) is 9.80 Å². The molecule has 0 saturated carbocycles. The number of imide groups is 2. The summed E-state index contributed by atoms with van der Waals surface area (Å²) in [5.74, 6) is -1.83. The molecule has 116 valence electrons. The summed E-state index contributed by atoms with van der Waals surface area (Å²) in [6.45, 7) is 0.423. The highest BCUT2D eigenvalue weighted by Gasteiger charge is 2.30. The highest BCUT2D eigenvalue weighted by Crippen LogP contribution is 2.30. The molecule has 4 amide bonds. The van der Waals surface area contributed by atoms with Crippen molar-refractivity contribution in [3.05, 3.63) is 48.1 Å². The van der Waals surface area contributed by atoms with E-state index in [9.17, 15) is 19.2 Å². The van der Waals surface area contributed by atoms with Gasteiger partial charge >= 0.3 is 0 Å². The fraction of sp³-hybridized carbons (Fsp3) is 0.125. The molecule has 0 unspecified atom stereocenters. The van der Waals surface area contributed by atoms with E-state index in [4.69, 9.17) is 0 Å². The molecule has 0 radical (unpaired) electrons. The second kappa shape index (κ2) is 5.62. The molecular weight excluding hydrogens is 298 g/mol. The summed E-state index contributed by atoms with van der Waals surface area (Å²) in [4.78, 5) is 49.5. The quantitative estimate of drug-likeness (QED) is 0.806. The summed E-state index contributed by atoms with van der Waals surface area (Å²) < 4.78 is 0. The van der Waals surface area contributed by atoms with Crippen molar-refractivity contribution in [1.82, 2.24) is 5.32 Å². The van der Waals surface area contributed by atoms with Crippen molar-refractivity contribution >= 4 is 35.0 Å². The first-order chi connectivity index (χ1) is 11.0. The van der Waals surface area contributed by atoms with Gasteiger partial charge in [-0.15, -0.1) is 0 Å². The molecule has 0 bridgehead atoms. The molecule has 1 aromatic rings. The van der Waals surface area contributed by atoms with Crippen LogP contribution in [0.25, 0.3) is 0 Å². The van der Waals surface area contributed by atoms with E-state index in [0.29, 0.717) is 23.5 Å². The van der Waals surface area contributed by atoms with Gasteiger partial charge in [-0.3, -0.25) is 19.2 Å². The number of carbonyl (C=O) groups excluding carboxylic acids is 4. The van der Waals surface area contributed by atoms with Gasteiger partial charge in [0.2, 0.25) is 0 Å². The lowest BCUT2D eigenvalue weighted by Crippen LogP contribution is -2.33. The van der Waals surface area contributed by atoms with Gasteiger partial charge in [-0.1, -0.05) is 6.07 Å². The molecule has 2 aliphatic rings. The largest absolute Gasteiger partial charge is 0.316 e. The maximum absolute atomic E-state index is 11.9. The zero-order valence-electron chi connectivity index (χ0n) is 12.3. The molecule has 2 aliphatic heterocycles. The standard InChI is InChI=1S/C16H13N3O4/c1-17-9-10-2-3-11(18-13(20)4-5-14(18)21)8-12(10)19-15(22)6-7-16(19)23/h2-8,17H,9H2,1H3. The minimum absolute atomic E-state index is 0.312. The maximum Gasteiger partial charge on any atom is 0.258 e. The van der Waals surface area contributed by atoms with Crippen molar-refractivity contribution in [2.75, 3.05) is 16.8 Å². The predicted molar refractivity (Wildman–Crippen MR) is 82.5 cm³/mol. The van der Waals surface area contributed by atoms with Gasteiger partial charge < -0.3 is 5.32 Å². The Morgan fingerprint density at radius 3 is 1.87 bits per heavy atom. The van der Waals surface area contributed by atoms with Gasteiger partial charge in [0.1, 0.15) is 0 Å². The summed E-state index contributed by atoms with van der Waals surface area (Å²) in [5, 5.41) is 2.95. The minimum Gasteiger partial charge on any atom is -0.316 e. The Morgan fingerprint density at radius 1 is 0.826 bits per heavy atom. The SMILES string of the molecule is CNCc1ccc(N2C(=O)C=CC2=O)cc1N1C(=O)C=CC1=O. The zero-order valence-corrected chi connectivity index (χ0v) is 12.3. The van der Waals surface area contributed by atoms with Crippen LogP contribution in [0, 0.1) is 0 Å². The van der Waals surface area contributed by atoms with Crippen LogP contribution in [0.4, 0.5) is 11.4 Å². The van der Waals surface area contributed by atoms with Gasteiger partial charge in [-0.05, 0) is 24.7 Å². The third-order valence-electron chi connectivity index (χ3n) is 3.55. The van der Waals surface area contributed by atoms with Crippen LogP contribution < -0.4 is 15.1 Å². The number of hydrogen-bond acceptors (Lipinski definition) is 5. The summed E-state index contributed by atoms with van der Waals surface area (Å²) in [7, 11) is 1.74. The lowest BCUT2D eigenvalue weighted by Gasteiger charge is -2.21. The molecule has 0 aromatic heterocycles. The van der Waals surface area contributed by atoms with Crippen molar-refractivity contribution < 1.29 is 19.2 Å². The summed E-state index contributed by atoms with van der Waals surface area (Å²) in [6, 6.07) is 4.79. The predicted octanol–water partition coefficient (Wildman–Crippen LogP) is 0.265. The number of nitrogens with one attached hydrogen (secondary N) is 1. The first-order valence-electron chi connectivity index (χ1n) is 6.92. The van der Waals surface area contributed by atoms with Crippen LogP contribution in [-0.2, 0) is 25.7 Å². The minimum atomic E-state index is -0.459. The summed E-state index contributed by atoms with van der Waals surface area (Å²) in [5.41, 5.74) is 1.37. The van der Waals surface area contributed by atoms with Crippen LogP contribution in [0.1, 0.15) is 5.56 Å². The van der Waals surface area contributed by atoms with Crippen LogP contribution in [0.2, 0.25) is 0 Å². The first kappa shape index (κ1) is 14.9. The molecule has 7 heteroatoms. The van der Waals surface area contributed by atoms with E-state index in [1.807, 2.05) is 0 Å². The summed E-state index contributed by atoms with van der Waals surface area (Å²) in [6.07, 6.45) is 4.73. The Bertz CT molecular complexity index is 759. The van der Waals surface area contributed by atoms with E-state index in [1.54, 1.807) is 19.2 Å². The van der Waals surface area contributed by atoms with Gasteiger partial charge in [-0.2, -0.15) is 0 Å². The number of nitrogens with zero attached hydrogens (tertiary/aromatic N) is 2. The number of benzene rings is 1. The molecule has 0 fully saturated rings. The molecule has 7 nitrogen and oxygen atoms in total. The number of carbonyl (C=O) groups is 4. The third-order valence-corrected chi connectivity index (χ3v) is 3.55. The Labute approximate surface area is 131 Å². The highest BCUT2D eigenvalue weighted by molar-refractivity contribution is 6.30.